The van der Waals surface area contributed by atoms with Crippen molar-refractivity contribution in [2.45, 2.75) is 13.5 Å². The third kappa shape index (κ3) is 3.65. The molecule has 0 aliphatic carbocycles. The predicted octanol–water partition coefficient (Wildman–Crippen LogP) is 0.771. The van der Waals surface area contributed by atoms with Gasteiger partial charge in [-0.3, -0.25) is 4.79 Å². The van der Waals surface area contributed by atoms with E-state index in [-0.39, 0.29) is 5.91 Å². The van der Waals surface area contributed by atoms with Gasteiger partial charge in [0.15, 0.2) is 5.65 Å². The SMILES string of the molecule is CCNC(=O)c1cccc(Cn2ncc3c(N4CCN(C)CC4)ncnc32)n1. The minimum atomic E-state index is -0.172. The van der Waals surface area contributed by atoms with E-state index in [1.807, 2.05) is 25.3 Å². The molecule has 1 N–H and O–H groups in total. The van der Waals surface area contributed by atoms with Crippen molar-refractivity contribution >= 4 is 22.8 Å². The molecule has 146 valence electrons. The molecule has 28 heavy (non-hydrogen) atoms. The highest BCUT2D eigenvalue weighted by Gasteiger charge is 2.19. The molecular weight excluding hydrogens is 356 g/mol. The number of hydrogen-bond donors (Lipinski definition) is 1. The lowest BCUT2D eigenvalue weighted by atomic mass is 10.2. The largest absolute Gasteiger partial charge is 0.353 e. The van der Waals surface area contributed by atoms with Crippen LogP contribution in [0.4, 0.5) is 5.82 Å². The Balaban J connectivity index is 1.60. The number of nitrogens with zero attached hydrogens (tertiary/aromatic N) is 7. The number of carbonyl (C=O) groups is 1. The molecule has 0 atom stereocenters. The van der Waals surface area contributed by atoms with Crippen LogP contribution in [0.1, 0.15) is 23.1 Å². The topological polar surface area (TPSA) is 92.1 Å². The first-order valence-corrected chi connectivity index (χ1v) is 9.50. The monoisotopic (exact) mass is 380 g/mol. The molecule has 3 aromatic heterocycles. The average molecular weight is 380 g/mol. The molecule has 0 saturated carbocycles. The summed E-state index contributed by atoms with van der Waals surface area (Å²) in [4.78, 5) is 30.0. The summed E-state index contributed by atoms with van der Waals surface area (Å²) in [7, 11) is 2.13. The summed E-state index contributed by atoms with van der Waals surface area (Å²) in [5.74, 6) is 0.753. The van der Waals surface area contributed by atoms with E-state index < -0.39 is 0 Å². The second kappa shape index (κ2) is 7.89. The second-order valence-corrected chi connectivity index (χ2v) is 6.90. The molecule has 1 aliphatic heterocycles. The minimum Gasteiger partial charge on any atom is -0.353 e. The zero-order chi connectivity index (χ0) is 19.5. The van der Waals surface area contributed by atoms with Gasteiger partial charge >= 0.3 is 0 Å². The fraction of sp³-hybridized carbons (Fsp3) is 0.421. The van der Waals surface area contributed by atoms with Gasteiger partial charge in [-0.15, -0.1) is 0 Å². The molecule has 1 aliphatic rings. The Labute approximate surface area is 163 Å². The lowest BCUT2D eigenvalue weighted by Gasteiger charge is -2.33. The molecule has 0 aromatic carbocycles. The van der Waals surface area contributed by atoms with Gasteiger partial charge in [-0.25, -0.2) is 19.6 Å². The lowest BCUT2D eigenvalue weighted by molar-refractivity contribution is 0.0950. The Morgan fingerprint density at radius 2 is 2.00 bits per heavy atom. The first kappa shape index (κ1) is 18.3. The van der Waals surface area contributed by atoms with Crippen molar-refractivity contribution in [2.24, 2.45) is 0 Å². The second-order valence-electron chi connectivity index (χ2n) is 6.90. The van der Waals surface area contributed by atoms with Gasteiger partial charge in [-0.05, 0) is 26.1 Å². The smallest absolute Gasteiger partial charge is 0.269 e. The van der Waals surface area contributed by atoms with Crippen LogP contribution in [-0.4, -0.2) is 75.3 Å². The molecule has 0 bridgehead atoms. The van der Waals surface area contributed by atoms with Gasteiger partial charge in [0.05, 0.1) is 23.8 Å². The number of likely N-dealkylation sites (N-methyl/N-ethyl adjacent to an activating group) is 1. The molecule has 0 spiro atoms. The summed E-state index contributed by atoms with van der Waals surface area (Å²) in [6.45, 7) is 6.78. The molecule has 1 saturated heterocycles. The Bertz CT molecular complexity index is 977. The number of rotatable bonds is 5. The fourth-order valence-corrected chi connectivity index (χ4v) is 3.37. The molecular formula is C19H24N8O. The summed E-state index contributed by atoms with van der Waals surface area (Å²) < 4.78 is 1.81. The molecule has 1 fully saturated rings. The summed E-state index contributed by atoms with van der Waals surface area (Å²) in [5.41, 5.74) is 1.94. The maximum Gasteiger partial charge on any atom is 0.269 e. The Hall–Kier alpha value is -3.07. The summed E-state index contributed by atoms with van der Waals surface area (Å²) in [6.07, 6.45) is 3.41. The fourth-order valence-electron chi connectivity index (χ4n) is 3.37. The number of fused-ring (bicyclic) bond motifs is 1. The Kier molecular flexibility index (Phi) is 5.16. The highest BCUT2D eigenvalue weighted by molar-refractivity contribution is 5.92. The van der Waals surface area contributed by atoms with Gasteiger partial charge in [0.25, 0.3) is 5.91 Å². The van der Waals surface area contributed by atoms with Crippen LogP contribution in [0.2, 0.25) is 0 Å². The van der Waals surface area contributed by atoms with E-state index in [0.29, 0.717) is 18.8 Å². The van der Waals surface area contributed by atoms with Gasteiger partial charge in [-0.1, -0.05) is 6.07 Å². The number of anilines is 1. The van der Waals surface area contributed by atoms with E-state index >= 15 is 0 Å². The predicted molar refractivity (Wildman–Crippen MR) is 106 cm³/mol. The van der Waals surface area contributed by atoms with E-state index in [4.69, 9.17) is 0 Å². The molecule has 4 rings (SSSR count). The van der Waals surface area contributed by atoms with Gasteiger partial charge in [0, 0.05) is 32.7 Å². The van der Waals surface area contributed by atoms with Crippen LogP contribution in [0.15, 0.2) is 30.7 Å². The lowest BCUT2D eigenvalue weighted by Crippen LogP contribution is -2.44. The van der Waals surface area contributed by atoms with Crippen molar-refractivity contribution in [3.63, 3.8) is 0 Å². The zero-order valence-corrected chi connectivity index (χ0v) is 16.2. The average Bonchev–Trinajstić information content (AvgIpc) is 3.12. The molecule has 0 unspecified atom stereocenters. The third-order valence-electron chi connectivity index (χ3n) is 4.90. The molecule has 0 radical (unpaired) electrons. The molecule has 1 amide bonds. The van der Waals surface area contributed by atoms with E-state index in [2.05, 4.69) is 42.2 Å². The molecule has 3 aromatic rings. The minimum absolute atomic E-state index is 0.172. The molecule has 9 nitrogen and oxygen atoms in total. The third-order valence-corrected chi connectivity index (χ3v) is 4.90. The summed E-state index contributed by atoms with van der Waals surface area (Å²) in [5, 5.41) is 8.22. The van der Waals surface area contributed by atoms with Gasteiger partial charge in [-0.2, -0.15) is 5.10 Å². The van der Waals surface area contributed by atoms with Gasteiger partial charge in [0.1, 0.15) is 17.8 Å². The van der Waals surface area contributed by atoms with Crippen molar-refractivity contribution in [3.8, 4) is 0 Å². The van der Waals surface area contributed by atoms with Crippen LogP contribution in [0.3, 0.4) is 0 Å². The number of aromatic nitrogens is 5. The standard InChI is InChI=1S/C19H24N8O/c1-3-20-19(28)16-6-4-5-14(24-16)12-27-18-15(11-23-27)17(21-13-22-18)26-9-7-25(2)8-10-26/h4-6,11,13H,3,7-10,12H2,1-2H3,(H,20,28). The van der Waals surface area contributed by atoms with E-state index in [9.17, 15) is 4.79 Å². The van der Waals surface area contributed by atoms with Crippen LogP contribution >= 0.6 is 0 Å². The highest BCUT2D eigenvalue weighted by atomic mass is 16.1. The number of hydrogen-bond acceptors (Lipinski definition) is 7. The van der Waals surface area contributed by atoms with Crippen molar-refractivity contribution in [1.82, 2.24) is 34.9 Å². The van der Waals surface area contributed by atoms with Gasteiger partial charge in [0.2, 0.25) is 0 Å². The van der Waals surface area contributed by atoms with Crippen molar-refractivity contribution in [2.75, 3.05) is 44.7 Å². The van der Waals surface area contributed by atoms with Crippen molar-refractivity contribution in [3.05, 3.63) is 42.1 Å². The van der Waals surface area contributed by atoms with Crippen LogP contribution in [0, 0.1) is 0 Å². The van der Waals surface area contributed by atoms with Crippen LogP contribution < -0.4 is 10.2 Å². The number of amides is 1. The Morgan fingerprint density at radius 3 is 2.79 bits per heavy atom. The number of nitrogens with one attached hydrogen (secondary N) is 1. The van der Waals surface area contributed by atoms with E-state index in [1.54, 1.807) is 17.1 Å². The van der Waals surface area contributed by atoms with Gasteiger partial charge < -0.3 is 15.1 Å². The first-order chi connectivity index (χ1) is 13.7. The summed E-state index contributed by atoms with van der Waals surface area (Å²) >= 11 is 0. The van der Waals surface area contributed by atoms with E-state index in [1.165, 1.54) is 0 Å². The highest BCUT2D eigenvalue weighted by Crippen LogP contribution is 2.23. The zero-order valence-electron chi connectivity index (χ0n) is 16.2. The van der Waals surface area contributed by atoms with Crippen LogP contribution in [0.5, 0.6) is 0 Å². The van der Waals surface area contributed by atoms with E-state index in [0.717, 1.165) is 48.7 Å². The van der Waals surface area contributed by atoms with Crippen LogP contribution in [-0.2, 0) is 6.54 Å². The first-order valence-electron chi connectivity index (χ1n) is 9.50. The quantitative estimate of drug-likeness (QED) is 0.699. The maximum absolute atomic E-state index is 12.0. The summed E-state index contributed by atoms with van der Waals surface area (Å²) in [6, 6.07) is 5.44. The molecule has 4 heterocycles. The van der Waals surface area contributed by atoms with Crippen LogP contribution in [0.25, 0.3) is 11.0 Å². The van der Waals surface area contributed by atoms with Crippen molar-refractivity contribution in [1.29, 1.82) is 0 Å². The van der Waals surface area contributed by atoms with Crippen molar-refractivity contribution < 1.29 is 4.79 Å². The normalized spacial score (nSPS) is 15.1. The molecule has 9 heteroatoms. The number of carbonyl (C=O) groups excluding carboxylic acids is 1. The Morgan fingerprint density at radius 1 is 1.18 bits per heavy atom. The number of pyridine rings is 1. The maximum atomic E-state index is 12.0. The number of piperazine rings is 1.